The van der Waals surface area contributed by atoms with E-state index in [2.05, 4.69) is 15.5 Å². The van der Waals surface area contributed by atoms with Crippen molar-refractivity contribution in [2.75, 3.05) is 13.6 Å². The van der Waals surface area contributed by atoms with Gasteiger partial charge in [-0.25, -0.2) is 4.79 Å². The normalized spacial score (nSPS) is 11.7. The lowest BCUT2D eigenvalue weighted by atomic mass is 10.2. The Labute approximate surface area is 133 Å². The van der Waals surface area contributed by atoms with Gasteiger partial charge >= 0.3 is 12.0 Å². The predicted molar refractivity (Wildman–Crippen MR) is 81.6 cm³/mol. The smallest absolute Gasteiger partial charge is 0.317 e. The second-order valence-corrected chi connectivity index (χ2v) is 5.06. The molecule has 1 unspecified atom stereocenters. The molecule has 122 valence electrons. The van der Waals surface area contributed by atoms with E-state index in [0.717, 1.165) is 5.56 Å². The van der Waals surface area contributed by atoms with Crippen molar-refractivity contribution < 1.29 is 19.2 Å². The number of hydrogen-bond acceptors (Lipinski definition) is 5. The molecule has 2 amide bonds. The third-order valence-electron chi connectivity index (χ3n) is 3.20. The van der Waals surface area contributed by atoms with E-state index in [0.29, 0.717) is 11.7 Å². The second kappa shape index (κ2) is 7.39. The highest BCUT2D eigenvalue weighted by molar-refractivity contribution is 5.75. The molecule has 2 aromatic rings. The van der Waals surface area contributed by atoms with Crippen molar-refractivity contribution in [1.82, 2.24) is 20.4 Å². The second-order valence-electron chi connectivity index (χ2n) is 5.06. The van der Waals surface area contributed by atoms with Crippen LogP contribution in [0.25, 0.3) is 11.5 Å². The molecule has 0 aliphatic heterocycles. The predicted octanol–water partition coefficient (Wildman–Crippen LogP) is 1.91. The first-order chi connectivity index (χ1) is 11.0. The quantitative estimate of drug-likeness (QED) is 0.842. The number of rotatable bonds is 6. The third-order valence-corrected chi connectivity index (χ3v) is 3.20. The van der Waals surface area contributed by atoms with Crippen molar-refractivity contribution in [2.24, 2.45) is 0 Å². The molecule has 0 fully saturated rings. The van der Waals surface area contributed by atoms with Gasteiger partial charge in [0.15, 0.2) is 5.82 Å². The van der Waals surface area contributed by atoms with Crippen LogP contribution in [0.3, 0.4) is 0 Å². The molecule has 8 heteroatoms. The van der Waals surface area contributed by atoms with Gasteiger partial charge < -0.3 is 19.8 Å². The van der Waals surface area contributed by atoms with E-state index < -0.39 is 18.0 Å². The largest absolute Gasteiger partial charge is 0.481 e. The van der Waals surface area contributed by atoms with Crippen LogP contribution in [0.5, 0.6) is 0 Å². The maximum atomic E-state index is 12.0. The van der Waals surface area contributed by atoms with Crippen LogP contribution in [-0.2, 0) is 4.79 Å². The Hall–Kier alpha value is -2.90. The monoisotopic (exact) mass is 318 g/mol. The SMILES string of the molecule is CC(NC(=O)N(C)CCC(=O)O)c1noc(-c2ccccc2)n1. The first-order valence-corrected chi connectivity index (χ1v) is 7.10. The van der Waals surface area contributed by atoms with Crippen LogP contribution >= 0.6 is 0 Å². The van der Waals surface area contributed by atoms with E-state index in [1.54, 1.807) is 6.92 Å². The van der Waals surface area contributed by atoms with Crippen LogP contribution in [0.2, 0.25) is 0 Å². The molecule has 1 atom stereocenters. The number of nitrogens with zero attached hydrogens (tertiary/aromatic N) is 3. The number of nitrogens with one attached hydrogen (secondary N) is 1. The Morgan fingerprint density at radius 1 is 1.35 bits per heavy atom. The zero-order valence-electron chi connectivity index (χ0n) is 12.9. The average Bonchev–Trinajstić information content (AvgIpc) is 3.03. The molecule has 1 heterocycles. The number of carboxylic acid groups (broad SMARTS) is 1. The van der Waals surface area contributed by atoms with E-state index in [1.165, 1.54) is 11.9 Å². The fourth-order valence-electron chi connectivity index (χ4n) is 1.83. The van der Waals surface area contributed by atoms with Crippen LogP contribution < -0.4 is 5.32 Å². The lowest BCUT2D eigenvalue weighted by molar-refractivity contribution is -0.137. The van der Waals surface area contributed by atoms with Gasteiger partial charge in [-0.15, -0.1) is 0 Å². The van der Waals surface area contributed by atoms with Gasteiger partial charge in [-0.1, -0.05) is 23.4 Å². The van der Waals surface area contributed by atoms with Crippen molar-refractivity contribution >= 4 is 12.0 Å². The lowest BCUT2D eigenvalue weighted by Crippen LogP contribution is -2.39. The zero-order chi connectivity index (χ0) is 16.8. The van der Waals surface area contributed by atoms with Gasteiger partial charge in [0.1, 0.15) is 0 Å². The van der Waals surface area contributed by atoms with Crippen LogP contribution in [-0.4, -0.2) is 45.7 Å². The van der Waals surface area contributed by atoms with Gasteiger partial charge in [0.05, 0.1) is 12.5 Å². The summed E-state index contributed by atoms with van der Waals surface area (Å²) in [4.78, 5) is 28.0. The first kappa shape index (κ1) is 16.5. The summed E-state index contributed by atoms with van der Waals surface area (Å²) in [5.41, 5.74) is 0.795. The highest BCUT2D eigenvalue weighted by Gasteiger charge is 2.19. The van der Waals surface area contributed by atoms with Crippen LogP contribution in [0.1, 0.15) is 25.2 Å². The van der Waals surface area contributed by atoms with Crippen molar-refractivity contribution in [3.05, 3.63) is 36.2 Å². The summed E-state index contributed by atoms with van der Waals surface area (Å²) < 4.78 is 5.19. The topological polar surface area (TPSA) is 109 Å². The van der Waals surface area contributed by atoms with E-state index in [1.807, 2.05) is 30.3 Å². The highest BCUT2D eigenvalue weighted by atomic mass is 16.5. The summed E-state index contributed by atoms with van der Waals surface area (Å²) in [6.45, 7) is 1.85. The number of aromatic nitrogens is 2. The molecule has 1 aromatic heterocycles. The summed E-state index contributed by atoms with van der Waals surface area (Å²) in [5.74, 6) is -0.229. The van der Waals surface area contributed by atoms with Gasteiger partial charge in [-0.3, -0.25) is 4.79 Å². The minimum absolute atomic E-state index is 0.112. The van der Waals surface area contributed by atoms with Gasteiger partial charge in [0.2, 0.25) is 0 Å². The molecular formula is C15H18N4O4. The molecule has 2 N–H and O–H groups in total. The molecule has 0 bridgehead atoms. The van der Waals surface area contributed by atoms with Crippen molar-refractivity contribution in [1.29, 1.82) is 0 Å². The molecular weight excluding hydrogens is 300 g/mol. The Bertz CT molecular complexity index is 671. The van der Waals surface area contributed by atoms with E-state index >= 15 is 0 Å². The van der Waals surface area contributed by atoms with Gasteiger partial charge in [-0.2, -0.15) is 4.98 Å². The molecule has 1 aromatic carbocycles. The summed E-state index contributed by atoms with van der Waals surface area (Å²) in [5, 5.41) is 15.2. The molecule has 23 heavy (non-hydrogen) atoms. The molecule has 0 saturated carbocycles. The van der Waals surface area contributed by atoms with Gasteiger partial charge in [0.25, 0.3) is 5.89 Å². The summed E-state index contributed by atoms with van der Waals surface area (Å²) in [6, 6.07) is 8.45. The number of carbonyl (C=O) groups is 2. The van der Waals surface area contributed by atoms with Gasteiger partial charge in [0, 0.05) is 19.2 Å². The molecule has 2 rings (SSSR count). The van der Waals surface area contributed by atoms with Gasteiger partial charge in [-0.05, 0) is 19.1 Å². The Morgan fingerprint density at radius 2 is 2.04 bits per heavy atom. The minimum Gasteiger partial charge on any atom is -0.481 e. The molecule has 8 nitrogen and oxygen atoms in total. The van der Waals surface area contributed by atoms with Crippen LogP contribution in [0.15, 0.2) is 34.9 Å². The van der Waals surface area contributed by atoms with E-state index in [-0.39, 0.29) is 13.0 Å². The van der Waals surface area contributed by atoms with Crippen molar-refractivity contribution in [2.45, 2.75) is 19.4 Å². The molecule has 0 aliphatic rings. The van der Waals surface area contributed by atoms with Crippen molar-refractivity contribution in [3.63, 3.8) is 0 Å². The van der Waals surface area contributed by atoms with E-state index in [9.17, 15) is 9.59 Å². The first-order valence-electron chi connectivity index (χ1n) is 7.10. The molecule has 0 spiro atoms. The maximum Gasteiger partial charge on any atom is 0.317 e. The van der Waals surface area contributed by atoms with Crippen LogP contribution in [0, 0.1) is 0 Å². The summed E-state index contributed by atoms with van der Waals surface area (Å²) in [6.07, 6.45) is -0.112. The Kier molecular flexibility index (Phi) is 5.29. The number of carbonyl (C=O) groups excluding carboxylic acids is 1. The fraction of sp³-hybridized carbons (Fsp3) is 0.333. The Morgan fingerprint density at radius 3 is 2.70 bits per heavy atom. The number of hydrogen-bond donors (Lipinski definition) is 2. The summed E-state index contributed by atoms with van der Waals surface area (Å²) >= 11 is 0. The minimum atomic E-state index is -0.955. The number of amides is 2. The molecule has 0 aliphatic carbocycles. The third kappa shape index (κ3) is 4.53. The fourth-order valence-corrected chi connectivity index (χ4v) is 1.83. The molecule has 0 saturated heterocycles. The zero-order valence-corrected chi connectivity index (χ0v) is 12.9. The lowest BCUT2D eigenvalue weighted by Gasteiger charge is -2.19. The number of aliphatic carboxylic acids is 1. The van der Waals surface area contributed by atoms with E-state index in [4.69, 9.17) is 9.63 Å². The standard InChI is InChI=1S/C15H18N4O4/c1-10(16-15(22)19(2)9-8-12(20)21)13-17-14(23-18-13)11-6-4-3-5-7-11/h3-7,10H,8-9H2,1-2H3,(H,16,22)(H,20,21). The maximum absolute atomic E-state index is 12.0. The summed E-state index contributed by atoms with van der Waals surface area (Å²) in [7, 11) is 1.52. The average molecular weight is 318 g/mol. The number of benzene rings is 1. The highest BCUT2D eigenvalue weighted by Crippen LogP contribution is 2.18. The number of urea groups is 1. The Balaban J connectivity index is 1.96. The molecule has 0 radical (unpaired) electrons. The van der Waals surface area contributed by atoms with Crippen LogP contribution in [0.4, 0.5) is 4.79 Å². The van der Waals surface area contributed by atoms with Crippen molar-refractivity contribution in [3.8, 4) is 11.5 Å². The number of carboxylic acids is 1.